The van der Waals surface area contributed by atoms with Crippen molar-refractivity contribution >= 4 is 28.7 Å². The lowest BCUT2D eigenvalue weighted by molar-refractivity contribution is -0.123. The highest BCUT2D eigenvalue weighted by Crippen LogP contribution is 2.43. The van der Waals surface area contributed by atoms with Gasteiger partial charge in [0.25, 0.3) is 0 Å². The zero-order valence-corrected chi connectivity index (χ0v) is 24.4. The molecule has 0 aromatic heterocycles. The van der Waals surface area contributed by atoms with Gasteiger partial charge in [-0.3, -0.25) is 4.79 Å². The quantitative estimate of drug-likeness (QED) is 0.201. The molecule has 0 unspecified atom stereocenters. The molecule has 2 N–H and O–H groups in total. The summed E-state index contributed by atoms with van der Waals surface area (Å²) in [7, 11) is 3.43. The number of aromatic hydroxyl groups is 1. The Hall–Kier alpha value is -3.81. The first-order valence-electron chi connectivity index (χ1n) is 13.8. The van der Waals surface area contributed by atoms with Crippen molar-refractivity contribution in [2.75, 3.05) is 40.4 Å². The number of hydrogen-bond acceptors (Lipinski definition) is 5. The SMILES string of the molecule is CCOc1c(F)cc(C2=C(c3ccc(OCCNC/C=C/C(=O)N(C)C)cc3)c3ccc(O)cc3CCC2)cc1Cl. The molecular formula is C33H36ClFN2O4. The molecule has 3 aromatic carbocycles. The fourth-order valence-corrected chi connectivity index (χ4v) is 5.12. The molecule has 6 nitrogen and oxygen atoms in total. The Bertz CT molecular complexity index is 1410. The van der Waals surface area contributed by atoms with Gasteiger partial charge in [0.2, 0.25) is 5.91 Å². The van der Waals surface area contributed by atoms with Gasteiger partial charge in [0, 0.05) is 33.3 Å². The van der Waals surface area contributed by atoms with Crippen LogP contribution in [0.3, 0.4) is 0 Å². The molecule has 0 heterocycles. The number of benzene rings is 3. The Balaban J connectivity index is 1.58. The van der Waals surface area contributed by atoms with Crippen LogP contribution in [-0.2, 0) is 11.2 Å². The first-order valence-corrected chi connectivity index (χ1v) is 14.2. The van der Waals surface area contributed by atoms with Crippen LogP contribution >= 0.6 is 11.6 Å². The Labute approximate surface area is 246 Å². The molecule has 216 valence electrons. The van der Waals surface area contributed by atoms with E-state index in [1.165, 1.54) is 17.0 Å². The summed E-state index contributed by atoms with van der Waals surface area (Å²) in [5.74, 6) is 0.469. The number of fused-ring (bicyclic) bond motifs is 1. The molecule has 8 heteroatoms. The van der Waals surface area contributed by atoms with Crippen molar-refractivity contribution < 1.29 is 23.8 Å². The molecule has 0 spiro atoms. The number of hydrogen-bond donors (Lipinski definition) is 2. The average molecular weight is 579 g/mol. The van der Waals surface area contributed by atoms with E-state index in [1.807, 2.05) is 30.3 Å². The van der Waals surface area contributed by atoms with Crippen molar-refractivity contribution in [2.24, 2.45) is 0 Å². The highest BCUT2D eigenvalue weighted by atomic mass is 35.5. The molecular weight excluding hydrogens is 543 g/mol. The van der Waals surface area contributed by atoms with E-state index < -0.39 is 5.82 Å². The lowest BCUT2D eigenvalue weighted by Gasteiger charge is -2.18. The number of rotatable bonds is 11. The molecule has 0 bridgehead atoms. The zero-order chi connectivity index (χ0) is 29.4. The van der Waals surface area contributed by atoms with Crippen LogP contribution < -0.4 is 14.8 Å². The van der Waals surface area contributed by atoms with Gasteiger partial charge in [-0.15, -0.1) is 0 Å². The van der Waals surface area contributed by atoms with Crippen molar-refractivity contribution in [3.8, 4) is 17.2 Å². The second-order valence-corrected chi connectivity index (χ2v) is 10.4. The second-order valence-electron chi connectivity index (χ2n) is 9.96. The highest BCUT2D eigenvalue weighted by Gasteiger charge is 2.22. The molecule has 3 aromatic rings. The first-order chi connectivity index (χ1) is 19.8. The van der Waals surface area contributed by atoms with Gasteiger partial charge in [-0.2, -0.15) is 0 Å². The molecule has 1 aliphatic carbocycles. The lowest BCUT2D eigenvalue weighted by atomic mass is 9.87. The van der Waals surface area contributed by atoms with Gasteiger partial charge in [-0.25, -0.2) is 4.39 Å². The third-order valence-electron chi connectivity index (χ3n) is 6.82. The Morgan fingerprint density at radius 2 is 1.85 bits per heavy atom. The molecule has 0 saturated carbocycles. The Morgan fingerprint density at radius 1 is 1.07 bits per heavy atom. The second kappa shape index (κ2) is 14.2. The number of carbonyl (C=O) groups excluding carboxylic acids is 1. The van der Waals surface area contributed by atoms with E-state index in [9.17, 15) is 9.90 Å². The van der Waals surface area contributed by atoms with Gasteiger partial charge in [-0.05, 0) is 96.0 Å². The molecule has 4 rings (SSSR count). The highest BCUT2D eigenvalue weighted by molar-refractivity contribution is 6.32. The molecule has 0 aliphatic heterocycles. The van der Waals surface area contributed by atoms with Gasteiger partial charge < -0.3 is 24.8 Å². The first kappa shape index (κ1) is 30.2. The van der Waals surface area contributed by atoms with E-state index in [0.29, 0.717) is 38.3 Å². The third-order valence-corrected chi connectivity index (χ3v) is 7.10. The van der Waals surface area contributed by atoms with Crippen LogP contribution in [0.2, 0.25) is 5.02 Å². The summed E-state index contributed by atoms with van der Waals surface area (Å²) in [4.78, 5) is 13.1. The van der Waals surface area contributed by atoms with E-state index in [4.69, 9.17) is 21.1 Å². The number of aryl methyl sites for hydroxylation is 1. The molecule has 0 saturated heterocycles. The fourth-order valence-electron chi connectivity index (χ4n) is 4.86. The maximum absolute atomic E-state index is 15.1. The summed E-state index contributed by atoms with van der Waals surface area (Å²) < 4.78 is 26.4. The van der Waals surface area contributed by atoms with E-state index in [0.717, 1.165) is 46.4 Å². The minimum atomic E-state index is -0.492. The number of carbonyl (C=O) groups is 1. The number of phenolic OH excluding ortho intramolecular Hbond substituents is 1. The molecule has 1 amide bonds. The van der Waals surface area contributed by atoms with E-state index in [1.54, 1.807) is 45.3 Å². The van der Waals surface area contributed by atoms with Crippen molar-refractivity contribution in [1.82, 2.24) is 10.2 Å². The number of phenols is 1. The number of halogens is 2. The van der Waals surface area contributed by atoms with E-state index in [-0.39, 0.29) is 22.4 Å². The van der Waals surface area contributed by atoms with Gasteiger partial charge >= 0.3 is 0 Å². The van der Waals surface area contributed by atoms with Crippen LogP contribution in [0.4, 0.5) is 4.39 Å². The largest absolute Gasteiger partial charge is 0.508 e. The predicted octanol–water partition coefficient (Wildman–Crippen LogP) is 6.49. The van der Waals surface area contributed by atoms with Crippen LogP contribution in [0.15, 0.2) is 66.7 Å². The van der Waals surface area contributed by atoms with Crippen molar-refractivity contribution in [3.05, 3.63) is 99.8 Å². The minimum Gasteiger partial charge on any atom is -0.508 e. The standard InChI is InChI=1S/C33H36ClFN2O4/c1-4-40-33-29(34)20-24(21-30(33)35)27-8-5-7-23-19-25(38)12-15-28(23)32(27)22-10-13-26(14-11-22)41-18-17-36-16-6-9-31(39)37(2)3/h6,9-15,19-21,36,38H,4-5,7-8,16-18H2,1-3H3/b9-6+. The summed E-state index contributed by atoms with van der Waals surface area (Å²) in [6, 6.07) is 16.5. The maximum Gasteiger partial charge on any atom is 0.245 e. The van der Waals surface area contributed by atoms with Gasteiger partial charge in [0.15, 0.2) is 11.6 Å². The summed E-state index contributed by atoms with van der Waals surface area (Å²) in [5, 5.41) is 13.6. The molecule has 41 heavy (non-hydrogen) atoms. The van der Waals surface area contributed by atoms with Crippen molar-refractivity contribution in [3.63, 3.8) is 0 Å². The maximum atomic E-state index is 15.1. The average Bonchev–Trinajstić information content (AvgIpc) is 3.13. The van der Waals surface area contributed by atoms with Crippen LogP contribution in [0, 0.1) is 5.82 Å². The minimum absolute atomic E-state index is 0.0507. The van der Waals surface area contributed by atoms with Crippen LogP contribution in [0.1, 0.15) is 42.0 Å². The number of likely N-dealkylation sites (N-methyl/N-ethyl adjacent to an activating group) is 1. The summed E-state index contributed by atoms with van der Waals surface area (Å²) in [5.41, 5.74) is 5.67. The van der Waals surface area contributed by atoms with Crippen molar-refractivity contribution in [2.45, 2.75) is 26.2 Å². The van der Waals surface area contributed by atoms with Crippen LogP contribution in [-0.4, -0.2) is 56.3 Å². The predicted molar refractivity (Wildman–Crippen MR) is 162 cm³/mol. The lowest BCUT2D eigenvalue weighted by Crippen LogP contribution is -2.22. The molecule has 0 fully saturated rings. The van der Waals surface area contributed by atoms with Gasteiger partial charge in [-0.1, -0.05) is 35.9 Å². The Kier molecular flexibility index (Phi) is 10.4. The zero-order valence-electron chi connectivity index (χ0n) is 23.7. The molecule has 0 atom stereocenters. The summed E-state index contributed by atoms with van der Waals surface area (Å²) >= 11 is 6.46. The molecule has 0 radical (unpaired) electrons. The monoisotopic (exact) mass is 578 g/mol. The number of amides is 1. The summed E-state index contributed by atoms with van der Waals surface area (Å²) in [6.07, 6.45) is 5.67. The smallest absolute Gasteiger partial charge is 0.245 e. The van der Waals surface area contributed by atoms with Crippen molar-refractivity contribution in [1.29, 1.82) is 0 Å². The fraction of sp³-hybridized carbons (Fsp3) is 0.303. The summed E-state index contributed by atoms with van der Waals surface area (Å²) in [6.45, 7) is 3.78. The van der Waals surface area contributed by atoms with Gasteiger partial charge in [0.05, 0.1) is 11.6 Å². The number of nitrogens with zero attached hydrogens (tertiary/aromatic N) is 1. The van der Waals surface area contributed by atoms with Crippen LogP contribution in [0.5, 0.6) is 17.2 Å². The van der Waals surface area contributed by atoms with E-state index in [2.05, 4.69) is 5.32 Å². The number of nitrogens with one attached hydrogen (secondary N) is 1. The Morgan fingerprint density at radius 3 is 2.56 bits per heavy atom. The van der Waals surface area contributed by atoms with Gasteiger partial charge in [0.1, 0.15) is 18.1 Å². The topological polar surface area (TPSA) is 71.0 Å². The number of ether oxygens (including phenoxy) is 2. The normalized spacial score (nSPS) is 13.2. The van der Waals surface area contributed by atoms with Crippen LogP contribution in [0.25, 0.3) is 11.1 Å². The molecule has 1 aliphatic rings. The third kappa shape index (κ3) is 7.69. The van der Waals surface area contributed by atoms with E-state index >= 15 is 4.39 Å². The number of allylic oxidation sites excluding steroid dienone is 1.